The zero-order valence-electron chi connectivity index (χ0n) is 8.96. The standard InChI is InChI=1S/C9H7NO3.C2H6/c1-5-2-3-7-6(4-5)8(11)13-9(12)10-7;1-2/h2-4H,1H3,(H,10,12);1-2H3. The second-order valence-electron chi connectivity index (χ2n) is 2.85. The molecule has 0 unspecified atom stereocenters. The first-order valence-corrected chi connectivity index (χ1v) is 4.80. The van der Waals surface area contributed by atoms with Crippen LogP contribution in [0, 0.1) is 6.92 Å². The zero-order chi connectivity index (χ0) is 11.4. The molecule has 1 aromatic carbocycles. The molecule has 0 saturated heterocycles. The first-order chi connectivity index (χ1) is 7.16. The minimum absolute atomic E-state index is 0.402. The smallest absolute Gasteiger partial charge is 0.372 e. The van der Waals surface area contributed by atoms with Gasteiger partial charge in [-0.2, -0.15) is 0 Å². The molecular weight excluding hydrogens is 194 g/mol. The Morgan fingerprint density at radius 3 is 2.53 bits per heavy atom. The second kappa shape index (κ2) is 4.59. The maximum absolute atomic E-state index is 11.2. The maximum Gasteiger partial charge on any atom is 0.419 e. The highest BCUT2D eigenvalue weighted by Gasteiger charge is 2.01. The Kier molecular flexibility index (Phi) is 3.44. The molecular formula is C11H13NO3. The van der Waals surface area contributed by atoms with Crippen LogP contribution >= 0.6 is 0 Å². The summed E-state index contributed by atoms with van der Waals surface area (Å²) in [5.41, 5.74) is 0.862. The fourth-order valence-corrected chi connectivity index (χ4v) is 1.21. The van der Waals surface area contributed by atoms with Crippen molar-refractivity contribution in [3.63, 3.8) is 0 Å². The van der Waals surface area contributed by atoms with E-state index in [9.17, 15) is 9.59 Å². The Hall–Kier alpha value is -1.84. The predicted octanol–water partition coefficient (Wildman–Crippen LogP) is 1.82. The molecule has 1 N–H and O–H groups in total. The van der Waals surface area contributed by atoms with Gasteiger partial charge in [-0.1, -0.05) is 25.5 Å². The third-order valence-corrected chi connectivity index (χ3v) is 1.82. The average molecular weight is 207 g/mol. The van der Waals surface area contributed by atoms with E-state index < -0.39 is 11.4 Å². The van der Waals surface area contributed by atoms with Crippen molar-refractivity contribution in [3.05, 3.63) is 44.7 Å². The third-order valence-electron chi connectivity index (χ3n) is 1.82. The predicted molar refractivity (Wildman–Crippen MR) is 59.2 cm³/mol. The number of benzene rings is 1. The van der Waals surface area contributed by atoms with Crippen LogP contribution in [0.4, 0.5) is 0 Å². The van der Waals surface area contributed by atoms with Crippen molar-refractivity contribution in [1.29, 1.82) is 0 Å². The van der Waals surface area contributed by atoms with E-state index in [0.717, 1.165) is 5.56 Å². The van der Waals surface area contributed by atoms with Crippen molar-refractivity contribution in [2.75, 3.05) is 0 Å². The van der Waals surface area contributed by atoms with Crippen molar-refractivity contribution in [2.45, 2.75) is 20.8 Å². The van der Waals surface area contributed by atoms with Crippen LogP contribution in [-0.4, -0.2) is 4.98 Å². The number of nitrogens with one attached hydrogen (secondary N) is 1. The lowest BCUT2D eigenvalue weighted by Crippen LogP contribution is -2.14. The minimum Gasteiger partial charge on any atom is -0.372 e. The SMILES string of the molecule is CC.Cc1ccc2[nH]c(=O)oc(=O)c2c1. The summed E-state index contributed by atoms with van der Waals surface area (Å²) >= 11 is 0. The van der Waals surface area contributed by atoms with Gasteiger partial charge in [0.15, 0.2) is 0 Å². The Morgan fingerprint density at radius 2 is 1.87 bits per heavy atom. The lowest BCUT2D eigenvalue weighted by Gasteiger charge is -1.95. The zero-order valence-corrected chi connectivity index (χ0v) is 8.96. The van der Waals surface area contributed by atoms with E-state index >= 15 is 0 Å². The van der Waals surface area contributed by atoms with Gasteiger partial charge in [0.2, 0.25) is 0 Å². The van der Waals surface area contributed by atoms with E-state index in [2.05, 4.69) is 9.40 Å². The van der Waals surface area contributed by atoms with E-state index in [-0.39, 0.29) is 0 Å². The highest BCUT2D eigenvalue weighted by Crippen LogP contribution is 2.07. The molecule has 0 bridgehead atoms. The van der Waals surface area contributed by atoms with Crippen LogP contribution in [0.2, 0.25) is 0 Å². The van der Waals surface area contributed by atoms with Gasteiger partial charge in [-0.3, -0.25) is 4.98 Å². The number of aromatic nitrogens is 1. The molecule has 0 fully saturated rings. The summed E-state index contributed by atoms with van der Waals surface area (Å²) in [5.74, 6) is -0.721. The van der Waals surface area contributed by atoms with Gasteiger partial charge in [-0.25, -0.2) is 9.59 Å². The van der Waals surface area contributed by atoms with Gasteiger partial charge in [-0.05, 0) is 19.1 Å². The molecule has 2 rings (SSSR count). The normalized spacial score (nSPS) is 9.53. The maximum atomic E-state index is 11.2. The molecule has 0 aliphatic carbocycles. The number of hydrogen-bond acceptors (Lipinski definition) is 3. The van der Waals surface area contributed by atoms with Crippen LogP contribution in [0.15, 0.2) is 32.2 Å². The van der Waals surface area contributed by atoms with E-state index in [4.69, 9.17) is 0 Å². The van der Waals surface area contributed by atoms with E-state index in [1.807, 2.05) is 26.8 Å². The molecule has 0 aliphatic heterocycles. The summed E-state index contributed by atoms with van der Waals surface area (Å²) < 4.78 is 4.38. The van der Waals surface area contributed by atoms with Crippen molar-refractivity contribution in [2.24, 2.45) is 0 Å². The quantitative estimate of drug-likeness (QED) is 0.716. The highest BCUT2D eigenvalue weighted by atomic mass is 16.4. The molecule has 80 valence electrons. The summed E-state index contributed by atoms with van der Waals surface area (Å²) in [4.78, 5) is 24.4. The van der Waals surface area contributed by atoms with Crippen molar-refractivity contribution in [1.82, 2.24) is 4.98 Å². The number of H-pyrrole nitrogens is 1. The molecule has 0 aliphatic rings. The van der Waals surface area contributed by atoms with E-state index in [1.54, 1.807) is 12.1 Å². The number of aromatic amines is 1. The first kappa shape index (κ1) is 11.2. The number of hydrogen-bond donors (Lipinski definition) is 1. The Labute approximate surface area is 86.6 Å². The first-order valence-electron chi connectivity index (χ1n) is 4.80. The van der Waals surface area contributed by atoms with Crippen LogP contribution in [-0.2, 0) is 0 Å². The number of aryl methyl sites for hydroxylation is 1. The molecule has 4 nitrogen and oxygen atoms in total. The van der Waals surface area contributed by atoms with Crippen LogP contribution in [0.1, 0.15) is 19.4 Å². The molecule has 0 saturated carbocycles. The summed E-state index contributed by atoms with van der Waals surface area (Å²) in [7, 11) is 0. The molecule has 0 radical (unpaired) electrons. The molecule has 2 aromatic rings. The third kappa shape index (κ3) is 2.34. The molecule has 0 atom stereocenters. The molecule has 0 amide bonds. The van der Waals surface area contributed by atoms with E-state index in [0.29, 0.717) is 10.9 Å². The highest BCUT2D eigenvalue weighted by molar-refractivity contribution is 5.77. The fraction of sp³-hybridized carbons (Fsp3) is 0.273. The van der Waals surface area contributed by atoms with Gasteiger partial charge in [-0.15, -0.1) is 0 Å². The number of fused-ring (bicyclic) bond motifs is 1. The van der Waals surface area contributed by atoms with Gasteiger partial charge in [0, 0.05) is 0 Å². The monoisotopic (exact) mass is 207 g/mol. The summed E-state index contributed by atoms with van der Waals surface area (Å²) in [6.07, 6.45) is 0. The summed E-state index contributed by atoms with van der Waals surface area (Å²) in [5, 5.41) is 0.402. The summed E-state index contributed by atoms with van der Waals surface area (Å²) in [6.45, 7) is 5.87. The topological polar surface area (TPSA) is 63.1 Å². The van der Waals surface area contributed by atoms with Gasteiger partial charge in [0.1, 0.15) is 0 Å². The molecule has 1 aromatic heterocycles. The van der Waals surface area contributed by atoms with E-state index in [1.165, 1.54) is 0 Å². The largest absolute Gasteiger partial charge is 0.419 e. The average Bonchev–Trinajstić information content (AvgIpc) is 2.22. The van der Waals surface area contributed by atoms with Gasteiger partial charge in [0.05, 0.1) is 10.9 Å². The van der Waals surface area contributed by atoms with Crippen molar-refractivity contribution in [3.8, 4) is 0 Å². The van der Waals surface area contributed by atoms with Gasteiger partial charge >= 0.3 is 11.4 Å². The van der Waals surface area contributed by atoms with Crippen LogP contribution in [0.5, 0.6) is 0 Å². The molecule has 4 heteroatoms. The summed E-state index contributed by atoms with van der Waals surface area (Å²) in [6, 6.07) is 5.18. The Balaban J connectivity index is 0.000000531. The lowest BCUT2D eigenvalue weighted by atomic mass is 10.2. The minimum atomic E-state index is -0.721. The Bertz CT molecular complexity index is 566. The van der Waals surface area contributed by atoms with Crippen LogP contribution in [0.3, 0.4) is 0 Å². The fourth-order valence-electron chi connectivity index (χ4n) is 1.21. The Morgan fingerprint density at radius 1 is 1.20 bits per heavy atom. The molecule has 15 heavy (non-hydrogen) atoms. The lowest BCUT2D eigenvalue weighted by molar-refractivity contribution is 0.460. The van der Waals surface area contributed by atoms with Crippen LogP contribution in [0.25, 0.3) is 10.9 Å². The van der Waals surface area contributed by atoms with Crippen molar-refractivity contribution >= 4 is 10.9 Å². The van der Waals surface area contributed by atoms with Crippen LogP contribution < -0.4 is 11.4 Å². The van der Waals surface area contributed by atoms with Gasteiger partial charge in [0.25, 0.3) is 0 Å². The molecule has 1 heterocycles. The molecule has 0 spiro atoms. The van der Waals surface area contributed by atoms with Gasteiger partial charge < -0.3 is 4.42 Å². The number of rotatable bonds is 0. The van der Waals surface area contributed by atoms with Crippen molar-refractivity contribution < 1.29 is 4.42 Å². The second-order valence-corrected chi connectivity index (χ2v) is 2.85.